The summed E-state index contributed by atoms with van der Waals surface area (Å²) in [5, 5.41) is 38.2. The second-order valence-corrected chi connectivity index (χ2v) is 21.4. The maximum Gasteiger partial charge on any atom is 0.251 e. The number of nitrogens with one attached hydrogen (secondary N) is 8. The fourth-order valence-corrected chi connectivity index (χ4v) is 11.7. The zero-order valence-electron chi connectivity index (χ0n) is 46.1. The number of alkyl halides is 1. The van der Waals surface area contributed by atoms with E-state index in [2.05, 4.69) is 36.8 Å². The lowest BCUT2D eigenvalue weighted by molar-refractivity contribution is -0.138. The van der Waals surface area contributed by atoms with Crippen molar-refractivity contribution >= 4 is 57.1 Å². The van der Waals surface area contributed by atoms with E-state index in [4.69, 9.17) is 22.3 Å². The Hall–Kier alpha value is -7.89. The van der Waals surface area contributed by atoms with Gasteiger partial charge in [0.05, 0.1) is 18.1 Å². The zero-order chi connectivity index (χ0) is 56.6. The highest BCUT2D eigenvalue weighted by atomic mass is 19.1. The Morgan fingerprint density at radius 2 is 1.16 bits per heavy atom. The number of carbonyl (C=O) groups is 4. The predicted octanol–water partition coefficient (Wildman–Crippen LogP) is 7.42. The highest BCUT2D eigenvalue weighted by Crippen LogP contribution is 2.40. The van der Waals surface area contributed by atoms with E-state index in [-0.39, 0.29) is 66.8 Å². The number of nitrogens with zero attached hydrogens (tertiary/aromatic N) is 2. The summed E-state index contributed by atoms with van der Waals surface area (Å²) < 4.78 is 17.7. The molecule has 3 fully saturated rings. The molecule has 2 saturated heterocycles. The van der Waals surface area contributed by atoms with Crippen molar-refractivity contribution in [2.75, 3.05) is 32.7 Å². The molecule has 1 saturated carbocycles. The standard InChI is InChI=1S/C36H41FN6O2.C27H38N6O2/c1-3-31(42-35(38)39)32-34(45)43(24(2)36(37,28-14-6-4-7-15-28)29-16-8-5-9-17-29)21-20-30(41-32)23-40-33(44)27-19-18-25-12-10-11-13-26(25)22-27;28-27(29)30-15-6-11-24-26(35)33(23-9-2-1-3-10-23)16-14-22(32-24)18-31-25(34)21-13-12-19-7-4-5-8-20(19)17-21/h4-19,22,24,30-32,41H,3,20-21,23H2,1-2H3,(H,40,44)(H4,38,39,42);4-5,7-8,12-13,17,22-24,32H,1-3,6,9-11,14-16,18H2,(H,31,34)(H4,28,29,30)/t24-,30+,31?,32+;22-,24-/m10/s1. The first-order valence-electron chi connectivity index (χ1n) is 28.4. The zero-order valence-corrected chi connectivity index (χ0v) is 46.1. The lowest BCUT2D eigenvalue weighted by Gasteiger charge is -2.41. The first-order chi connectivity index (χ1) is 38.7. The van der Waals surface area contributed by atoms with Crippen molar-refractivity contribution < 1.29 is 23.6 Å². The molecule has 6 aromatic rings. The number of hydrogen-bond donors (Lipinski definition) is 10. The molecule has 16 nitrogen and oxygen atoms in total. The van der Waals surface area contributed by atoms with Gasteiger partial charge in [0, 0.05) is 62.0 Å². The predicted molar refractivity (Wildman–Crippen MR) is 316 cm³/mol. The van der Waals surface area contributed by atoms with Gasteiger partial charge in [0.2, 0.25) is 11.8 Å². The van der Waals surface area contributed by atoms with Gasteiger partial charge in [0.15, 0.2) is 17.6 Å². The van der Waals surface area contributed by atoms with Gasteiger partial charge in [-0.15, -0.1) is 0 Å². The average molecular weight is 1090 g/mol. The smallest absolute Gasteiger partial charge is 0.251 e. The maximum atomic E-state index is 17.7. The Kier molecular flexibility index (Phi) is 20.3. The summed E-state index contributed by atoms with van der Waals surface area (Å²) in [7, 11) is 0. The normalized spacial score (nSPS) is 19.8. The molecule has 0 spiro atoms. The molecular formula is C63H79FN12O4. The molecule has 6 aromatic carbocycles. The molecule has 12 N–H and O–H groups in total. The number of benzene rings is 6. The van der Waals surface area contributed by atoms with Crippen LogP contribution in [0.25, 0.3) is 21.5 Å². The average Bonchev–Trinajstić information content (AvgIpc) is 3.80. The van der Waals surface area contributed by atoms with Crippen molar-refractivity contribution in [3.8, 4) is 0 Å². The molecule has 3 aliphatic rings. The van der Waals surface area contributed by atoms with Gasteiger partial charge in [-0.2, -0.15) is 0 Å². The fraction of sp³-hybridized carbons (Fsp3) is 0.397. The minimum atomic E-state index is -2.00. The van der Waals surface area contributed by atoms with Crippen LogP contribution in [-0.4, -0.2) is 120 Å². The first-order valence-corrected chi connectivity index (χ1v) is 28.4. The number of halogens is 1. The summed E-state index contributed by atoms with van der Waals surface area (Å²) in [6.07, 6.45) is 8.93. The number of amides is 4. The largest absolute Gasteiger partial charge is 0.370 e. The number of carbonyl (C=O) groups excluding carboxylic acids is 4. The van der Waals surface area contributed by atoms with Crippen LogP contribution in [0.5, 0.6) is 0 Å². The molecule has 0 bridgehead atoms. The highest BCUT2D eigenvalue weighted by Gasteiger charge is 2.48. The van der Waals surface area contributed by atoms with Gasteiger partial charge in [-0.3, -0.25) is 35.3 Å². The summed E-state index contributed by atoms with van der Waals surface area (Å²) in [6, 6.07) is 42.6. The van der Waals surface area contributed by atoms with E-state index in [1.165, 1.54) is 19.3 Å². The van der Waals surface area contributed by atoms with Crippen molar-refractivity contribution in [1.29, 1.82) is 10.8 Å². The van der Waals surface area contributed by atoms with E-state index < -0.39 is 23.8 Å². The molecule has 2 aliphatic heterocycles. The summed E-state index contributed by atoms with van der Waals surface area (Å²) >= 11 is 0. The Morgan fingerprint density at radius 3 is 1.69 bits per heavy atom. The van der Waals surface area contributed by atoms with Crippen molar-refractivity contribution in [3.63, 3.8) is 0 Å². The van der Waals surface area contributed by atoms with Crippen molar-refractivity contribution in [1.82, 2.24) is 41.7 Å². The summed E-state index contributed by atoms with van der Waals surface area (Å²) in [5.41, 5.74) is 11.2. The van der Waals surface area contributed by atoms with Crippen molar-refractivity contribution in [2.24, 2.45) is 11.5 Å². The molecule has 422 valence electrons. The maximum absolute atomic E-state index is 17.7. The van der Waals surface area contributed by atoms with Crippen LogP contribution in [0.4, 0.5) is 4.39 Å². The van der Waals surface area contributed by atoms with Gasteiger partial charge in [0.25, 0.3) is 11.8 Å². The molecule has 9 rings (SSSR count). The van der Waals surface area contributed by atoms with E-state index in [0.29, 0.717) is 60.6 Å². The van der Waals surface area contributed by atoms with E-state index in [0.717, 1.165) is 53.8 Å². The fourth-order valence-electron chi connectivity index (χ4n) is 11.7. The molecule has 0 aromatic heterocycles. The quantitative estimate of drug-likeness (QED) is 0.0232. The molecule has 80 heavy (non-hydrogen) atoms. The molecule has 0 radical (unpaired) electrons. The molecular weight excluding hydrogens is 1010 g/mol. The third kappa shape index (κ3) is 14.7. The number of hydrogen-bond acceptors (Lipinski definition) is 8. The molecule has 6 atom stereocenters. The lowest BCUT2D eigenvalue weighted by Crippen LogP contribution is -2.61. The van der Waals surface area contributed by atoms with Crippen LogP contribution in [0.3, 0.4) is 0 Å². The summed E-state index contributed by atoms with van der Waals surface area (Å²) in [6.45, 7) is 5.92. The van der Waals surface area contributed by atoms with E-state index in [1.807, 2.05) is 97.9 Å². The van der Waals surface area contributed by atoms with E-state index in [9.17, 15) is 19.2 Å². The van der Waals surface area contributed by atoms with Crippen LogP contribution >= 0.6 is 0 Å². The van der Waals surface area contributed by atoms with Crippen LogP contribution in [0.1, 0.15) is 110 Å². The van der Waals surface area contributed by atoms with Gasteiger partial charge < -0.3 is 47.9 Å². The van der Waals surface area contributed by atoms with Gasteiger partial charge in [-0.1, -0.05) is 148 Å². The summed E-state index contributed by atoms with van der Waals surface area (Å²) in [5.74, 6) is -0.745. The van der Waals surface area contributed by atoms with Crippen molar-refractivity contribution in [2.45, 2.75) is 126 Å². The molecule has 4 amide bonds. The van der Waals surface area contributed by atoms with Gasteiger partial charge in [0.1, 0.15) is 6.04 Å². The highest BCUT2D eigenvalue weighted by molar-refractivity contribution is 5.99. The first kappa shape index (κ1) is 58.3. The van der Waals surface area contributed by atoms with Crippen LogP contribution in [0.2, 0.25) is 0 Å². The number of guanidine groups is 2. The molecule has 2 heterocycles. The topological polar surface area (TPSA) is 247 Å². The third-order valence-electron chi connectivity index (χ3n) is 16.1. The van der Waals surface area contributed by atoms with Crippen LogP contribution in [0.15, 0.2) is 146 Å². The Balaban J connectivity index is 0.000000217. The SMILES string of the molecule is CCC(NC(=N)N)[C@@H]1N[C@H](CNC(=O)c2ccc3ccccc3c2)CCN([C@H](C)C(F)(c2ccccc2)c2ccccc2)C1=O.N=C(N)NCCC[C@@H]1N[C@H](CNC(=O)c2ccc3ccccc3c2)CCN(C2CCCCC2)C1=O. The number of rotatable bonds is 18. The van der Waals surface area contributed by atoms with Gasteiger partial charge in [-0.25, -0.2) is 4.39 Å². The number of nitrogens with two attached hydrogens (primary N) is 2. The van der Waals surface area contributed by atoms with Crippen LogP contribution < -0.4 is 43.4 Å². The van der Waals surface area contributed by atoms with E-state index in [1.54, 1.807) is 66.4 Å². The van der Waals surface area contributed by atoms with E-state index >= 15 is 4.39 Å². The monoisotopic (exact) mass is 1090 g/mol. The van der Waals surface area contributed by atoms with Crippen molar-refractivity contribution in [3.05, 3.63) is 168 Å². The van der Waals surface area contributed by atoms with Crippen LogP contribution in [-0.2, 0) is 15.3 Å². The molecule has 17 heteroatoms. The molecule has 1 aliphatic carbocycles. The van der Waals surface area contributed by atoms with Crippen LogP contribution in [0, 0.1) is 10.8 Å². The number of fused-ring (bicyclic) bond motifs is 2. The van der Waals surface area contributed by atoms with Gasteiger partial charge in [-0.05, 0) is 109 Å². The second-order valence-electron chi connectivity index (χ2n) is 21.4. The minimum absolute atomic E-state index is 0.0164. The minimum Gasteiger partial charge on any atom is -0.370 e. The third-order valence-corrected chi connectivity index (χ3v) is 16.1. The summed E-state index contributed by atoms with van der Waals surface area (Å²) in [4.78, 5) is 57.6. The Morgan fingerprint density at radius 1 is 0.650 bits per heavy atom. The van der Waals surface area contributed by atoms with Gasteiger partial charge >= 0.3 is 0 Å². The second kappa shape index (κ2) is 27.8. The lowest BCUT2D eigenvalue weighted by atomic mass is 9.81. The molecule has 1 unspecified atom stereocenters. The Labute approximate surface area is 469 Å². The Bertz CT molecular complexity index is 3030.